The molecule has 2 fully saturated rings. The summed E-state index contributed by atoms with van der Waals surface area (Å²) in [5, 5.41) is 4.45. The van der Waals surface area contributed by atoms with Gasteiger partial charge in [0.2, 0.25) is 11.8 Å². The number of nitrogens with zero attached hydrogens (tertiary/aromatic N) is 2. The van der Waals surface area contributed by atoms with E-state index in [4.69, 9.17) is 0 Å². The van der Waals surface area contributed by atoms with Crippen LogP contribution in [0.15, 0.2) is 78.9 Å². The largest absolute Gasteiger partial charge is 0.378 e. The van der Waals surface area contributed by atoms with Crippen LogP contribution in [-0.2, 0) is 16.1 Å². The number of rotatable bonds is 9. The Hall–Kier alpha value is -4.06. The molecule has 6 heteroatoms. The molecule has 2 aliphatic carbocycles. The monoisotopic (exact) mass is 576 g/mol. The van der Waals surface area contributed by atoms with Crippen molar-refractivity contribution in [1.82, 2.24) is 9.88 Å². The minimum absolute atomic E-state index is 0.0108. The van der Waals surface area contributed by atoms with E-state index in [1.54, 1.807) is 0 Å². The quantitative estimate of drug-likeness (QED) is 0.215. The van der Waals surface area contributed by atoms with Crippen LogP contribution < -0.4 is 10.2 Å². The van der Waals surface area contributed by atoms with Gasteiger partial charge in [-0.15, -0.1) is 0 Å². The van der Waals surface area contributed by atoms with Crippen LogP contribution in [0.1, 0.15) is 68.7 Å². The van der Waals surface area contributed by atoms with E-state index in [0.717, 1.165) is 35.3 Å². The molecule has 4 aromatic rings. The molecule has 2 atom stereocenters. The Bertz CT molecular complexity index is 1610. The van der Waals surface area contributed by atoms with Gasteiger partial charge in [-0.2, -0.15) is 0 Å². The van der Waals surface area contributed by atoms with Crippen molar-refractivity contribution in [2.75, 3.05) is 24.3 Å². The average Bonchev–Trinajstić information content (AvgIpc) is 3.35. The van der Waals surface area contributed by atoms with Gasteiger partial charge in [0.05, 0.1) is 0 Å². The predicted octanol–water partition coefficient (Wildman–Crippen LogP) is 7.65. The molecule has 0 radical (unpaired) electrons. The molecule has 6 rings (SSSR count). The number of aromatic nitrogens is 1. The SMILES string of the molecule is Cc1[nH]c2ccccc2c1C1C(CC(=O)N(Cc2ccccc2)C2(C(=O)Nc3ccc(N(C)C)cc3)CCCC2)C1(C)C. The van der Waals surface area contributed by atoms with Gasteiger partial charge in [0.1, 0.15) is 5.54 Å². The predicted molar refractivity (Wildman–Crippen MR) is 175 cm³/mol. The maximum atomic E-state index is 14.6. The van der Waals surface area contributed by atoms with Crippen LogP contribution >= 0.6 is 0 Å². The molecule has 2 amide bonds. The first kappa shape index (κ1) is 29.0. The summed E-state index contributed by atoms with van der Waals surface area (Å²) >= 11 is 0. The maximum Gasteiger partial charge on any atom is 0.250 e. The van der Waals surface area contributed by atoms with Gasteiger partial charge in [0.15, 0.2) is 0 Å². The van der Waals surface area contributed by atoms with E-state index >= 15 is 0 Å². The molecule has 1 aromatic heterocycles. The van der Waals surface area contributed by atoms with Gasteiger partial charge < -0.3 is 20.1 Å². The van der Waals surface area contributed by atoms with E-state index in [1.807, 2.05) is 66.4 Å². The highest BCUT2D eigenvalue weighted by molar-refractivity contribution is 6.01. The lowest BCUT2D eigenvalue weighted by molar-refractivity contribution is -0.146. The van der Waals surface area contributed by atoms with E-state index < -0.39 is 5.54 Å². The number of H-pyrrole nitrogens is 1. The van der Waals surface area contributed by atoms with Gasteiger partial charge >= 0.3 is 0 Å². The summed E-state index contributed by atoms with van der Waals surface area (Å²) in [5.41, 5.74) is 5.65. The first-order valence-corrected chi connectivity index (χ1v) is 15.6. The molecule has 2 N–H and O–H groups in total. The molecule has 2 aliphatic rings. The standard InChI is InChI=1S/C37H44N4O2/c1-25-33(29-15-9-10-16-31(29)38-25)34-30(36(34,2)3)23-32(42)41(24-26-13-7-6-8-14-26)37(21-11-12-22-37)35(43)39-27-17-19-28(20-18-27)40(4)5/h6-10,13-20,30,34,38H,11-12,21-24H2,1-5H3,(H,39,43). The van der Waals surface area contributed by atoms with Gasteiger partial charge in [-0.25, -0.2) is 0 Å². The molecule has 0 spiro atoms. The summed E-state index contributed by atoms with van der Waals surface area (Å²) in [4.78, 5) is 36.3. The summed E-state index contributed by atoms with van der Waals surface area (Å²) in [5.74, 6) is 0.485. The number of fused-ring (bicyclic) bond motifs is 1. The van der Waals surface area contributed by atoms with Gasteiger partial charge in [-0.05, 0) is 78.5 Å². The molecular formula is C37H44N4O2. The highest BCUT2D eigenvalue weighted by Crippen LogP contribution is 2.67. The number of amides is 2. The molecule has 6 nitrogen and oxygen atoms in total. The van der Waals surface area contributed by atoms with Crippen molar-refractivity contribution < 1.29 is 9.59 Å². The van der Waals surface area contributed by atoms with Crippen molar-refractivity contribution in [3.8, 4) is 0 Å². The van der Waals surface area contributed by atoms with Crippen LogP contribution in [-0.4, -0.2) is 41.3 Å². The lowest BCUT2D eigenvalue weighted by atomic mass is 9.91. The number of benzene rings is 3. The third-order valence-corrected chi connectivity index (χ3v) is 10.2. The van der Waals surface area contributed by atoms with Crippen molar-refractivity contribution in [2.45, 2.75) is 70.9 Å². The molecule has 43 heavy (non-hydrogen) atoms. The zero-order chi connectivity index (χ0) is 30.4. The van der Waals surface area contributed by atoms with Gasteiger partial charge in [-0.1, -0.05) is 75.2 Å². The maximum absolute atomic E-state index is 14.6. The van der Waals surface area contributed by atoms with Crippen LogP contribution in [0.2, 0.25) is 0 Å². The van der Waals surface area contributed by atoms with Crippen LogP contribution in [0.4, 0.5) is 11.4 Å². The zero-order valence-electron chi connectivity index (χ0n) is 26.1. The Morgan fingerprint density at radius 3 is 2.23 bits per heavy atom. The molecule has 2 unspecified atom stereocenters. The summed E-state index contributed by atoms with van der Waals surface area (Å²) in [6.45, 7) is 7.14. The molecule has 224 valence electrons. The van der Waals surface area contributed by atoms with Crippen LogP contribution in [0.3, 0.4) is 0 Å². The topological polar surface area (TPSA) is 68.4 Å². The minimum Gasteiger partial charge on any atom is -0.378 e. The Labute approximate surface area is 255 Å². The van der Waals surface area contributed by atoms with E-state index in [0.29, 0.717) is 25.8 Å². The number of hydrogen-bond donors (Lipinski definition) is 2. The van der Waals surface area contributed by atoms with E-state index in [1.165, 1.54) is 16.6 Å². The van der Waals surface area contributed by atoms with Gasteiger partial charge in [-0.3, -0.25) is 9.59 Å². The number of aryl methyl sites for hydroxylation is 1. The van der Waals surface area contributed by atoms with Crippen molar-refractivity contribution in [3.63, 3.8) is 0 Å². The fourth-order valence-corrected chi connectivity index (χ4v) is 7.61. The summed E-state index contributed by atoms with van der Waals surface area (Å²) in [6, 6.07) is 26.5. The van der Waals surface area contributed by atoms with E-state index in [2.05, 4.69) is 67.5 Å². The Morgan fingerprint density at radius 2 is 1.56 bits per heavy atom. The molecule has 1 heterocycles. The smallest absolute Gasteiger partial charge is 0.250 e. The van der Waals surface area contributed by atoms with Crippen LogP contribution in [0.25, 0.3) is 10.9 Å². The lowest BCUT2D eigenvalue weighted by Crippen LogP contribution is -2.57. The molecule has 2 saturated carbocycles. The number of hydrogen-bond acceptors (Lipinski definition) is 3. The number of anilines is 2. The zero-order valence-corrected chi connectivity index (χ0v) is 26.1. The summed E-state index contributed by atoms with van der Waals surface area (Å²) in [7, 11) is 4.00. The fourth-order valence-electron chi connectivity index (χ4n) is 7.61. The molecule has 0 aliphatic heterocycles. The number of carbonyl (C=O) groups is 2. The third kappa shape index (κ3) is 5.32. The third-order valence-electron chi connectivity index (χ3n) is 10.2. The normalized spacial score (nSPS) is 20.1. The average molecular weight is 577 g/mol. The lowest BCUT2D eigenvalue weighted by Gasteiger charge is -2.40. The Morgan fingerprint density at radius 1 is 0.907 bits per heavy atom. The Balaban J connectivity index is 1.30. The minimum atomic E-state index is -0.877. The first-order chi connectivity index (χ1) is 20.6. The molecule has 0 saturated heterocycles. The summed E-state index contributed by atoms with van der Waals surface area (Å²) < 4.78 is 0. The molecular weight excluding hydrogens is 532 g/mol. The molecule has 0 bridgehead atoms. The second kappa shape index (κ2) is 11.2. The summed E-state index contributed by atoms with van der Waals surface area (Å²) in [6.07, 6.45) is 3.63. The van der Waals surface area contributed by atoms with Crippen LogP contribution in [0, 0.1) is 18.3 Å². The number of aromatic amines is 1. The second-order valence-corrected chi connectivity index (χ2v) is 13.4. The van der Waals surface area contributed by atoms with Crippen molar-refractivity contribution in [3.05, 3.63) is 95.7 Å². The van der Waals surface area contributed by atoms with Crippen LogP contribution in [0.5, 0.6) is 0 Å². The fraction of sp³-hybridized carbons (Fsp3) is 0.405. The van der Waals surface area contributed by atoms with Gasteiger partial charge in [0, 0.05) is 55.0 Å². The van der Waals surface area contributed by atoms with E-state index in [9.17, 15) is 9.59 Å². The molecule has 3 aromatic carbocycles. The number of nitrogens with one attached hydrogen (secondary N) is 2. The van der Waals surface area contributed by atoms with E-state index in [-0.39, 0.29) is 29.1 Å². The van der Waals surface area contributed by atoms with Gasteiger partial charge in [0.25, 0.3) is 0 Å². The van der Waals surface area contributed by atoms with Crippen molar-refractivity contribution in [1.29, 1.82) is 0 Å². The second-order valence-electron chi connectivity index (χ2n) is 13.4. The number of para-hydroxylation sites is 1. The highest BCUT2D eigenvalue weighted by Gasteiger charge is 2.60. The first-order valence-electron chi connectivity index (χ1n) is 15.6. The van der Waals surface area contributed by atoms with Crippen molar-refractivity contribution in [2.24, 2.45) is 11.3 Å². The number of carbonyl (C=O) groups excluding carboxylic acids is 2. The highest BCUT2D eigenvalue weighted by atomic mass is 16.2. The van der Waals surface area contributed by atoms with Crippen molar-refractivity contribution >= 4 is 34.1 Å². The Kier molecular flexibility index (Phi) is 7.57.